The predicted octanol–water partition coefficient (Wildman–Crippen LogP) is 3.13. The molecule has 1 amide bonds. The van der Waals surface area contributed by atoms with E-state index in [9.17, 15) is 4.79 Å². The van der Waals surface area contributed by atoms with Crippen molar-refractivity contribution in [1.29, 1.82) is 0 Å². The van der Waals surface area contributed by atoms with Gasteiger partial charge in [-0.15, -0.1) is 6.42 Å². The van der Waals surface area contributed by atoms with Crippen LogP contribution in [0.2, 0.25) is 0 Å². The number of H-pyrrole nitrogens is 1. The number of nitrogens with zero attached hydrogens (tertiary/aromatic N) is 2. The van der Waals surface area contributed by atoms with E-state index in [1.807, 2.05) is 6.07 Å². The standard InChI is InChI=1S/C21H23N3O4/c1-2-10-24(16-6-4-3-5-7-16)21(25)18-11-15(22-23-18)13-26-17-8-9-19-20(12-17)28-14-27-19/h1,8-9,11-12,16H,3-7,10,13-14H2,(H,22,23). The summed E-state index contributed by atoms with van der Waals surface area (Å²) in [6.07, 6.45) is 11.0. The van der Waals surface area contributed by atoms with Crippen molar-refractivity contribution in [3.63, 3.8) is 0 Å². The largest absolute Gasteiger partial charge is 0.487 e. The highest BCUT2D eigenvalue weighted by Gasteiger charge is 2.27. The van der Waals surface area contributed by atoms with E-state index in [1.165, 1.54) is 6.42 Å². The summed E-state index contributed by atoms with van der Waals surface area (Å²) in [4.78, 5) is 14.7. The molecule has 1 N–H and O–H groups in total. The molecule has 1 fully saturated rings. The normalized spacial score (nSPS) is 15.8. The molecule has 0 unspecified atom stereocenters. The van der Waals surface area contributed by atoms with Crippen LogP contribution in [-0.4, -0.2) is 40.4 Å². The van der Waals surface area contributed by atoms with Crippen LogP contribution in [0, 0.1) is 12.3 Å². The summed E-state index contributed by atoms with van der Waals surface area (Å²) >= 11 is 0. The number of fused-ring (bicyclic) bond motifs is 1. The maximum atomic E-state index is 12.9. The monoisotopic (exact) mass is 381 g/mol. The van der Waals surface area contributed by atoms with E-state index in [2.05, 4.69) is 16.1 Å². The number of hydrogen-bond donors (Lipinski definition) is 1. The Hall–Kier alpha value is -3.14. The summed E-state index contributed by atoms with van der Waals surface area (Å²) in [6, 6.07) is 7.32. The van der Waals surface area contributed by atoms with Gasteiger partial charge in [0.1, 0.15) is 12.4 Å². The lowest BCUT2D eigenvalue weighted by molar-refractivity contribution is 0.0661. The molecule has 2 aliphatic rings. The zero-order valence-electron chi connectivity index (χ0n) is 15.6. The number of aromatic nitrogens is 2. The molecule has 1 aliphatic heterocycles. The second-order valence-electron chi connectivity index (χ2n) is 7.01. The van der Waals surface area contributed by atoms with Gasteiger partial charge in [0.25, 0.3) is 5.91 Å². The van der Waals surface area contributed by atoms with Crippen molar-refractivity contribution >= 4 is 5.91 Å². The molecule has 7 heteroatoms. The fourth-order valence-corrected chi connectivity index (χ4v) is 3.68. The van der Waals surface area contributed by atoms with Crippen molar-refractivity contribution in [2.75, 3.05) is 13.3 Å². The van der Waals surface area contributed by atoms with Gasteiger partial charge < -0.3 is 19.1 Å². The Bertz CT molecular complexity index is 880. The minimum Gasteiger partial charge on any atom is -0.487 e. The summed E-state index contributed by atoms with van der Waals surface area (Å²) in [5, 5.41) is 7.05. The first-order chi connectivity index (χ1) is 13.7. The molecule has 0 atom stereocenters. The van der Waals surface area contributed by atoms with Gasteiger partial charge in [0.05, 0.1) is 12.2 Å². The fourth-order valence-electron chi connectivity index (χ4n) is 3.68. The Morgan fingerprint density at radius 2 is 2.07 bits per heavy atom. The van der Waals surface area contributed by atoms with Crippen molar-refractivity contribution in [1.82, 2.24) is 15.1 Å². The quantitative estimate of drug-likeness (QED) is 0.778. The first kappa shape index (κ1) is 18.2. The highest BCUT2D eigenvalue weighted by Crippen LogP contribution is 2.35. The number of carbonyl (C=O) groups is 1. The SMILES string of the molecule is C#CCN(C(=O)c1cc(COc2ccc3c(c2)OCO3)[nH]n1)C1CCCCC1. The average molecular weight is 381 g/mol. The van der Waals surface area contributed by atoms with Gasteiger partial charge in [-0.2, -0.15) is 5.10 Å². The summed E-state index contributed by atoms with van der Waals surface area (Å²) < 4.78 is 16.4. The van der Waals surface area contributed by atoms with E-state index in [-0.39, 0.29) is 25.3 Å². The van der Waals surface area contributed by atoms with E-state index in [0.717, 1.165) is 25.7 Å². The second kappa shape index (κ2) is 8.26. The Morgan fingerprint density at radius 3 is 2.89 bits per heavy atom. The van der Waals surface area contributed by atoms with Crippen LogP contribution >= 0.6 is 0 Å². The molecule has 1 aromatic heterocycles. The van der Waals surface area contributed by atoms with Crippen LogP contribution in [-0.2, 0) is 6.61 Å². The highest BCUT2D eigenvalue weighted by molar-refractivity contribution is 5.92. The Morgan fingerprint density at radius 1 is 1.25 bits per heavy atom. The number of hydrogen-bond acceptors (Lipinski definition) is 5. The molecule has 28 heavy (non-hydrogen) atoms. The zero-order valence-corrected chi connectivity index (χ0v) is 15.6. The second-order valence-corrected chi connectivity index (χ2v) is 7.01. The maximum absolute atomic E-state index is 12.9. The average Bonchev–Trinajstić information content (AvgIpc) is 3.39. The van der Waals surface area contributed by atoms with Gasteiger partial charge in [0.15, 0.2) is 17.2 Å². The highest BCUT2D eigenvalue weighted by atomic mass is 16.7. The summed E-state index contributed by atoms with van der Waals surface area (Å²) in [6.45, 7) is 0.790. The number of nitrogens with one attached hydrogen (secondary N) is 1. The van der Waals surface area contributed by atoms with Crippen LogP contribution in [0.5, 0.6) is 17.2 Å². The first-order valence-corrected chi connectivity index (χ1v) is 9.56. The molecule has 0 radical (unpaired) electrons. The topological polar surface area (TPSA) is 76.7 Å². The van der Waals surface area contributed by atoms with Crippen molar-refractivity contribution in [2.45, 2.75) is 44.8 Å². The smallest absolute Gasteiger partial charge is 0.275 e. The number of amides is 1. The van der Waals surface area contributed by atoms with Gasteiger partial charge in [-0.1, -0.05) is 25.2 Å². The van der Waals surface area contributed by atoms with Gasteiger partial charge >= 0.3 is 0 Å². The Kier molecular flexibility index (Phi) is 5.38. The van der Waals surface area contributed by atoms with Crippen LogP contribution in [0.3, 0.4) is 0 Å². The molecule has 2 aromatic rings. The summed E-state index contributed by atoms with van der Waals surface area (Å²) in [7, 11) is 0. The Balaban J connectivity index is 1.40. The summed E-state index contributed by atoms with van der Waals surface area (Å²) in [5.41, 5.74) is 1.08. The minimum absolute atomic E-state index is 0.129. The van der Waals surface area contributed by atoms with E-state index in [1.54, 1.807) is 23.1 Å². The van der Waals surface area contributed by atoms with E-state index >= 15 is 0 Å². The lowest BCUT2D eigenvalue weighted by Gasteiger charge is -2.32. The van der Waals surface area contributed by atoms with Crippen molar-refractivity contribution in [2.24, 2.45) is 0 Å². The number of carbonyl (C=O) groups excluding carboxylic acids is 1. The molecular formula is C21H23N3O4. The molecular weight excluding hydrogens is 358 g/mol. The molecule has 1 aromatic carbocycles. The number of rotatable bonds is 6. The molecule has 0 saturated heterocycles. The van der Waals surface area contributed by atoms with Gasteiger partial charge in [-0.25, -0.2) is 0 Å². The van der Waals surface area contributed by atoms with E-state index < -0.39 is 0 Å². The van der Waals surface area contributed by atoms with Crippen molar-refractivity contribution < 1.29 is 19.0 Å². The molecule has 4 rings (SSSR count). The molecule has 146 valence electrons. The van der Waals surface area contributed by atoms with Crippen LogP contribution in [0.1, 0.15) is 48.3 Å². The maximum Gasteiger partial charge on any atom is 0.275 e. The van der Waals surface area contributed by atoms with Gasteiger partial charge in [0, 0.05) is 12.1 Å². The number of benzene rings is 1. The molecule has 1 aliphatic carbocycles. The molecule has 7 nitrogen and oxygen atoms in total. The molecule has 0 spiro atoms. The predicted molar refractivity (Wildman–Crippen MR) is 102 cm³/mol. The molecule has 0 bridgehead atoms. The third-order valence-electron chi connectivity index (χ3n) is 5.13. The Labute approximate surface area is 164 Å². The van der Waals surface area contributed by atoms with E-state index in [0.29, 0.717) is 35.2 Å². The molecule has 1 saturated carbocycles. The van der Waals surface area contributed by atoms with Crippen LogP contribution in [0.25, 0.3) is 0 Å². The van der Waals surface area contributed by atoms with Crippen LogP contribution in [0.4, 0.5) is 0 Å². The fraction of sp³-hybridized carbons (Fsp3) is 0.429. The van der Waals surface area contributed by atoms with Crippen LogP contribution < -0.4 is 14.2 Å². The third kappa shape index (κ3) is 3.91. The number of ether oxygens (including phenoxy) is 3. The summed E-state index contributed by atoms with van der Waals surface area (Å²) in [5.74, 6) is 4.51. The molecule has 2 heterocycles. The van der Waals surface area contributed by atoms with Gasteiger partial charge in [0.2, 0.25) is 6.79 Å². The van der Waals surface area contributed by atoms with Gasteiger partial charge in [-0.05, 0) is 31.0 Å². The minimum atomic E-state index is -0.129. The van der Waals surface area contributed by atoms with E-state index in [4.69, 9.17) is 20.6 Å². The van der Waals surface area contributed by atoms with Crippen LogP contribution in [0.15, 0.2) is 24.3 Å². The first-order valence-electron chi connectivity index (χ1n) is 9.56. The van der Waals surface area contributed by atoms with Gasteiger partial charge in [-0.3, -0.25) is 9.89 Å². The number of aromatic amines is 1. The zero-order chi connectivity index (χ0) is 19.3. The van der Waals surface area contributed by atoms with Crippen molar-refractivity contribution in [3.8, 4) is 29.6 Å². The third-order valence-corrected chi connectivity index (χ3v) is 5.13. The number of terminal acetylenes is 1. The lowest BCUT2D eigenvalue weighted by atomic mass is 9.94. The van der Waals surface area contributed by atoms with Crippen molar-refractivity contribution in [3.05, 3.63) is 35.7 Å². The lowest BCUT2D eigenvalue weighted by Crippen LogP contribution is -2.41.